The van der Waals surface area contributed by atoms with Gasteiger partial charge in [0.05, 0.1) is 17.5 Å². The van der Waals surface area contributed by atoms with E-state index in [1.54, 1.807) is 18.3 Å². The Morgan fingerprint density at radius 2 is 1.95 bits per heavy atom. The lowest BCUT2D eigenvalue weighted by Gasteiger charge is -2.11. The molecule has 0 saturated heterocycles. The third-order valence-corrected chi connectivity index (χ3v) is 7.23. The quantitative estimate of drug-likeness (QED) is 0.208. The first-order chi connectivity index (χ1) is 18.6. The van der Waals surface area contributed by atoms with Gasteiger partial charge in [-0.15, -0.1) is 0 Å². The number of aromatic nitrogens is 4. The summed E-state index contributed by atoms with van der Waals surface area (Å²) in [5, 5.41) is 8.66. The number of rotatable bonds is 8. The minimum absolute atomic E-state index is 0.0136. The predicted molar refractivity (Wildman–Crippen MR) is 154 cm³/mol. The van der Waals surface area contributed by atoms with Gasteiger partial charge < -0.3 is 4.98 Å². The molecule has 0 aliphatic heterocycles. The van der Waals surface area contributed by atoms with E-state index in [1.165, 1.54) is 12.1 Å². The number of aromatic amines is 2. The van der Waals surface area contributed by atoms with Crippen LogP contribution < -0.4 is 4.72 Å². The number of nitrogens with one attached hydrogen (secondary N) is 3. The van der Waals surface area contributed by atoms with Gasteiger partial charge in [-0.3, -0.25) is 10.1 Å². The van der Waals surface area contributed by atoms with Gasteiger partial charge in [0.25, 0.3) is 0 Å². The summed E-state index contributed by atoms with van der Waals surface area (Å²) >= 11 is 0. The molecule has 0 radical (unpaired) electrons. The van der Waals surface area contributed by atoms with Crippen LogP contribution in [-0.4, -0.2) is 34.8 Å². The van der Waals surface area contributed by atoms with Crippen molar-refractivity contribution in [1.82, 2.24) is 24.9 Å². The van der Waals surface area contributed by atoms with Crippen molar-refractivity contribution in [1.29, 1.82) is 0 Å². The lowest BCUT2D eigenvalue weighted by molar-refractivity contribution is 0.586. The molecule has 9 heteroatoms. The van der Waals surface area contributed by atoms with Gasteiger partial charge in [-0.05, 0) is 84.1 Å². The van der Waals surface area contributed by atoms with Crippen molar-refractivity contribution in [3.63, 3.8) is 0 Å². The first-order valence-electron chi connectivity index (χ1n) is 12.3. The monoisotopic (exact) mass is 541 g/mol. The number of halogens is 1. The van der Waals surface area contributed by atoms with Gasteiger partial charge in [0.15, 0.2) is 0 Å². The lowest BCUT2D eigenvalue weighted by atomic mass is 9.95. The van der Waals surface area contributed by atoms with E-state index in [1.807, 2.05) is 43.5 Å². The van der Waals surface area contributed by atoms with Crippen molar-refractivity contribution in [2.45, 2.75) is 20.4 Å². The second-order valence-electron chi connectivity index (χ2n) is 9.50. The Kier molecular flexibility index (Phi) is 7.03. The number of sulfonamides is 1. The zero-order chi connectivity index (χ0) is 27.7. The molecule has 5 aromatic rings. The van der Waals surface area contributed by atoms with Gasteiger partial charge in [-0.25, -0.2) is 17.5 Å². The van der Waals surface area contributed by atoms with Crippen LogP contribution in [0.25, 0.3) is 39.0 Å². The van der Waals surface area contributed by atoms with Gasteiger partial charge in [0.2, 0.25) is 10.0 Å². The van der Waals surface area contributed by atoms with Crippen LogP contribution in [0.15, 0.2) is 79.7 Å². The molecule has 0 atom stereocenters. The molecular weight excluding hydrogens is 513 g/mol. The third kappa shape index (κ3) is 5.59. The van der Waals surface area contributed by atoms with Crippen molar-refractivity contribution < 1.29 is 12.8 Å². The Morgan fingerprint density at radius 3 is 2.69 bits per heavy atom. The predicted octanol–water partition coefficient (Wildman–Crippen LogP) is 6.04. The summed E-state index contributed by atoms with van der Waals surface area (Å²) in [6.45, 7) is 7.83. The van der Waals surface area contributed by atoms with Crippen LogP contribution in [0, 0.1) is 19.7 Å². The molecule has 0 fully saturated rings. The van der Waals surface area contributed by atoms with E-state index in [4.69, 9.17) is 0 Å². The second kappa shape index (κ2) is 10.4. The average molecular weight is 542 g/mol. The maximum absolute atomic E-state index is 14.6. The highest BCUT2D eigenvalue weighted by atomic mass is 32.2. The molecule has 7 nitrogen and oxygen atoms in total. The summed E-state index contributed by atoms with van der Waals surface area (Å²) in [4.78, 5) is 7.72. The van der Waals surface area contributed by atoms with Crippen molar-refractivity contribution >= 4 is 26.5 Å². The molecule has 0 bridgehead atoms. The molecule has 3 heterocycles. The molecule has 0 amide bonds. The van der Waals surface area contributed by atoms with E-state index in [2.05, 4.69) is 44.5 Å². The highest BCUT2D eigenvalue weighted by molar-refractivity contribution is 7.88. The number of fused-ring (bicyclic) bond motifs is 1. The van der Waals surface area contributed by atoms with Gasteiger partial charge in [-0.2, -0.15) is 5.10 Å². The van der Waals surface area contributed by atoms with Gasteiger partial charge in [0, 0.05) is 41.1 Å². The number of nitrogens with zero attached hydrogens (tertiary/aromatic N) is 2. The number of hydrogen-bond acceptors (Lipinski definition) is 4. The number of aryl methyl sites for hydroxylation is 2. The maximum atomic E-state index is 14.6. The second-order valence-corrected chi connectivity index (χ2v) is 11.3. The Hall–Kier alpha value is -4.34. The van der Waals surface area contributed by atoms with Crippen molar-refractivity contribution in [3.8, 4) is 22.5 Å². The van der Waals surface area contributed by atoms with Gasteiger partial charge in [0.1, 0.15) is 11.5 Å². The van der Waals surface area contributed by atoms with E-state index >= 15 is 0 Å². The van der Waals surface area contributed by atoms with Crippen LogP contribution in [0.5, 0.6) is 0 Å². The lowest BCUT2D eigenvalue weighted by Crippen LogP contribution is -2.21. The molecule has 5 rings (SSSR count). The first kappa shape index (κ1) is 26.3. The summed E-state index contributed by atoms with van der Waals surface area (Å²) in [6.07, 6.45) is 8.17. The highest BCUT2D eigenvalue weighted by Crippen LogP contribution is 2.35. The van der Waals surface area contributed by atoms with Crippen LogP contribution in [-0.2, 0) is 16.6 Å². The molecule has 0 saturated carbocycles. The number of pyridine rings is 1. The van der Waals surface area contributed by atoms with E-state index in [0.29, 0.717) is 11.1 Å². The standard InChI is InChI=1S/C30H28FN5O2S/c1-5-6-24(22-11-20(12-23(31)13-22)16-33-39(4,37)38)25-15-29(34-19(25)3)30-26-14-21(7-8-28(26)35-36-30)27-17-32-10-9-18(27)2/h5-15,17,33-34H,1,16H2,2-4H3,(H,35,36)/b24-6-. The maximum Gasteiger partial charge on any atom is 0.209 e. The van der Waals surface area contributed by atoms with Crippen LogP contribution in [0.3, 0.4) is 0 Å². The first-order valence-corrected chi connectivity index (χ1v) is 14.2. The topological polar surface area (TPSA) is 104 Å². The van der Waals surface area contributed by atoms with E-state index in [9.17, 15) is 12.8 Å². The average Bonchev–Trinajstić information content (AvgIpc) is 3.48. The Labute approximate surface area is 226 Å². The fourth-order valence-corrected chi connectivity index (χ4v) is 5.13. The van der Waals surface area contributed by atoms with Crippen LogP contribution in [0.1, 0.15) is 27.9 Å². The zero-order valence-electron chi connectivity index (χ0n) is 21.8. The largest absolute Gasteiger partial charge is 0.357 e. The summed E-state index contributed by atoms with van der Waals surface area (Å²) in [6, 6.07) is 14.6. The smallest absolute Gasteiger partial charge is 0.209 e. The SMILES string of the molecule is C=C/C=C(/c1cc(F)cc(CNS(C)(=O)=O)c1)c1cc(-c2n[nH]c3ccc(-c4cnccc4C)cc23)[nH]c1C. The number of hydrogen-bond donors (Lipinski definition) is 3. The summed E-state index contributed by atoms with van der Waals surface area (Å²) in [5.74, 6) is -0.460. The molecule has 39 heavy (non-hydrogen) atoms. The summed E-state index contributed by atoms with van der Waals surface area (Å²) in [5.41, 5.74) is 9.28. The highest BCUT2D eigenvalue weighted by Gasteiger charge is 2.18. The van der Waals surface area contributed by atoms with E-state index in [0.717, 1.165) is 62.1 Å². The number of H-pyrrole nitrogens is 2. The minimum atomic E-state index is -3.42. The van der Waals surface area contributed by atoms with Crippen molar-refractivity contribution in [3.05, 3.63) is 113 Å². The summed E-state index contributed by atoms with van der Waals surface area (Å²) in [7, 11) is -3.42. The molecule has 0 aliphatic rings. The van der Waals surface area contributed by atoms with Crippen molar-refractivity contribution in [2.24, 2.45) is 0 Å². The number of allylic oxidation sites excluding steroid dienone is 2. The molecule has 2 aromatic carbocycles. The van der Waals surface area contributed by atoms with E-state index in [-0.39, 0.29) is 6.54 Å². The molecule has 3 aromatic heterocycles. The van der Waals surface area contributed by atoms with Crippen LogP contribution in [0.4, 0.5) is 4.39 Å². The Bertz CT molecular complexity index is 1850. The van der Waals surface area contributed by atoms with Gasteiger partial charge in [-0.1, -0.05) is 24.8 Å². The Balaban J connectivity index is 1.57. The van der Waals surface area contributed by atoms with Crippen molar-refractivity contribution in [2.75, 3.05) is 6.26 Å². The third-order valence-electron chi connectivity index (χ3n) is 6.56. The molecule has 0 spiro atoms. The van der Waals surface area contributed by atoms with Gasteiger partial charge >= 0.3 is 0 Å². The minimum Gasteiger partial charge on any atom is -0.357 e. The van der Waals surface area contributed by atoms with Crippen LogP contribution in [0.2, 0.25) is 0 Å². The van der Waals surface area contributed by atoms with Crippen LogP contribution >= 0.6 is 0 Å². The van der Waals surface area contributed by atoms with E-state index < -0.39 is 15.8 Å². The zero-order valence-corrected chi connectivity index (χ0v) is 22.7. The molecule has 0 unspecified atom stereocenters. The molecule has 0 aliphatic carbocycles. The summed E-state index contributed by atoms with van der Waals surface area (Å²) < 4.78 is 40.2. The fourth-order valence-electron chi connectivity index (χ4n) is 4.70. The molecule has 198 valence electrons. The molecular formula is C30H28FN5O2S. The normalized spacial score (nSPS) is 12.3. The Morgan fingerprint density at radius 1 is 1.13 bits per heavy atom. The molecule has 3 N–H and O–H groups in total. The fraction of sp³-hybridized carbons (Fsp3) is 0.133. The number of benzene rings is 2.